The molecule has 0 unspecified atom stereocenters. The zero-order chi connectivity index (χ0) is 25.6. The standard InChI is InChI=1S/C21H19F6N3O4/c1-8-14(9-4-5-10(22)15(24)16(9)33-3)17(34-20(8,2)21(25,26)27)19(32)30-12-6-13(18(28)31)29-7-11(12)23/h4-8,14,17H,1-3H3,(H2,28,31)(H,29,30,32)/t8-,14-,17-,20-/m0/s1. The quantitative estimate of drug-likeness (QED) is 0.622. The van der Waals surface area contributed by atoms with Crippen molar-refractivity contribution in [3.63, 3.8) is 0 Å². The van der Waals surface area contributed by atoms with Gasteiger partial charge < -0.3 is 20.5 Å². The molecule has 184 valence electrons. The van der Waals surface area contributed by atoms with Gasteiger partial charge in [0.15, 0.2) is 23.0 Å². The fourth-order valence-corrected chi connectivity index (χ4v) is 3.91. The number of primary amides is 1. The Hall–Kier alpha value is -3.35. The first-order valence-corrected chi connectivity index (χ1v) is 9.75. The van der Waals surface area contributed by atoms with Crippen molar-refractivity contribution in [1.82, 2.24) is 4.98 Å². The molecule has 13 heteroatoms. The molecule has 1 fully saturated rings. The lowest BCUT2D eigenvalue weighted by Crippen LogP contribution is -2.47. The van der Waals surface area contributed by atoms with E-state index in [1.807, 2.05) is 0 Å². The maximum absolute atomic E-state index is 14.4. The molecule has 2 aromatic rings. The molecule has 34 heavy (non-hydrogen) atoms. The Bertz CT molecular complexity index is 1140. The van der Waals surface area contributed by atoms with Gasteiger partial charge in [-0.3, -0.25) is 9.59 Å². The molecule has 0 aliphatic carbocycles. The number of hydrogen-bond acceptors (Lipinski definition) is 5. The number of alkyl halides is 3. The highest BCUT2D eigenvalue weighted by Gasteiger charge is 2.66. The van der Waals surface area contributed by atoms with Crippen LogP contribution in [-0.2, 0) is 9.53 Å². The molecule has 4 atom stereocenters. The third-order valence-electron chi connectivity index (χ3n) is 5.94. The molecule has 2 amide bonds. The highest BCUT2D eigenvalue weighted by molar-refractivity contribution is 5.97. The second kappa shape index (κ2) is 8.78. The number of benzene rings is 1. The van der Waals surface area contributed by atoms with Crippen LogP contribution in [0.25, 0.3) is 0 Å². The number of nitrogens with zero attached hydrogens (tertiary/aromatic N) is 1. The van der Waals surface area contributed by atoms with Gasteiger partial charge in [0, 0.05) is 17.4 Å². The number of carbonyl (C=O) groups is 2. The summed E-state index contributed by atoms with van der Waals surface area (Å²) in [4.78, 5) is 27.8. The molecule has 0 radical (unpaired) electrons. The maximum atomic E-state index is 14.4. The average molecular weight is 491 g/mol. The van der Waals surface area contributed by atoms with E-state index >= 15 is 0 Å². The first kappa shape index (κ1) is 25.3. The van der Waals surface area contributed by atoms with Crippen LogP contribution in [0.3, 0.4) is 0 Å². The number of aromatic nitrogens is 1. The van der Waals surface area contributed by atoms with Crippen molar-refractivity contribution in [1.29, 1.82) is 0 Å². The topological polar surface area (TPSA) is 104 Å². The van der Waals surface area contributed by atoms with Gasteiger partial charge in [-0.05, 0) is 19.1 Å². The summed E-state index contributed by atoms with van der Waals surface area (Å²) in [5.74, 6) is -9.85. The second-order valence-corrected chi connectivity index (χ2v) is 7.84. The molecule has 1 aromatic heterocycles. The highest BCUT2D eigenvalue weighted by atomic mass is 19.4. The number of anilines is 1. The van der Waals surface area contributed by atoms with Crippen LogP contribution in [0.5, 0.6) is 5.75 Å². The van der Waals surface area contributed by atoms with E-state index < -0.39 is 76.1 Å². The van der Waals surface area contributed by atoms with Crippen molar-refractivity contribution in [2.24, 2.45) is 11.7 Å². The molecule has 1 aliphatic rings. The van der Waals surface area contributed by atoms with Gasteiger partial charge in [0.05, 0.1) is 19.0 Å². The van der Waals surface area contributed by atoms with Crippen LogP contribution in [0.15, 0.2) is 24.4 Å². The van der Waals surface area contributed by atoms with Crippen LogP contribution >= 0.6 is 0 Å². The van der Waals surface area contributed by atoms with Gasteiger partial charge >= 0.3 is 6.18 Å². The average Bonchev–Trinajstić information content (AvgIpc) is 3.03. The molecule has 3 N–H and O–H groups in total. The number of nitrogens with two attached hydrogens (primary N) is 1. The summed E-state index contributed by atoms with van der Waals surface area (Å²) in [6, 6.07) is 2.46. The summed E-state index contributed by atoms with van der Waals surface area (Å²) in [5.41, 5.74) is 0.923. The molecule has 0 spiro atoms. The maximum Gasteiger partial charge on any atom is 0.417 e. The first-order valence-electron chi connectivity index (χ1n) is 9.75. The van der Waals surface area contributed by atoms with Crippen LogP contribution in [-0.4, -0.2) is 41.8 Å². The summed E-state index contributed by atoms with van der Waals surface area (Å²) in [5, 5.41) is 2.06. The van der Waals surface area contributed by atoms with E-state index in [-0.39, 0.29) is 5.56 Å². The molecule has 0 bridgehead atoms. The van der Waals surface area contributed by atoms with Gasteiger partial charge in [-0.15, -0.1) is 0 Å². The van der Waals surface area contributed by atoms with Gasteiger partial charge in [-0.2, -0.15) is 17.6 Å². The van der Waals surface area contributed by atoms with Crippen LogP contribution in [0.2, 0.25) is 0 Å². The third kappa shape index (κ3) is 4.15. The Morgan fingerprint density at radius 3 is 2.41 bits per heavy atom. The highest BCUT2D eigenvalue weighted by Crippen LogP contribution is 2.55. The number of carbonyl (C=O) groups excluding carboxylic acids is 2. The molecular formula is C21H19F6N3O4. The molecule has 1 saturated heterocycles. The summed E-state index contributed by atoms with van der Waals surface area (Å²) >= 11 is 0. The number of hydrogen-bond donors (Lipinski definition) is 2. The van der Waals surface area contributed by atoms with E-state index in [9.17, 15) is 35.9 Å². The number of amides is 2. The molecule has 2 heterocycles. The van der Waals surface area contributed by atoms with Crippen molar-refractivity contribution in [3.05, 3.63) is 53.1 Å². The van der Waals surface area contributed by atoms with Gasteiger partial charge in [-0.25, -0.2) is 13.8 Å². The van der Waals surface area contributed by atoms with Crippen molar-refractivity contribution in [2.45, 2.75) is 37.6 Å². The monoisotopic (exact) mass is 491 g/mol. The Morgan fingerprint density at radius 1 is 1.21 bits per heavy atom. The van der Waals surface area contributed by atoms with Gasteiger partial charge in [0.2, 0.25) is 5.82 Å². The minimum Gasteiger partial charge on any atom is -0.493 e. The summed E-state index contributed by atoms with van der Waals surface area (Å²) < 4.78 is 94.1. The van der Waals surface area contributed by atoms with E-state index in [1.165, 1.54) is 0 Å². The Balaban J connectivity index is 2.10. The Labute approximate surface area is 189 Å². The van der Waals surface area contributed by atoms with Gasteiger partial charge in [-0.1, -0.05) is 13.0 Å². The lowest BCUT2D eigenvalue weighted by atomic mass is 9.77. The molecular weight excluding hydrogens is 472 g/mol. The van der Waals surface area contributed by atoms with E-state index in [0.717, 1.165) is 26.2 Å². The SMILES string of the molecule is COc1c([C@H]2[C@@H](C(=O)Nc3cc(C(N)=O)ncc3F)O[C@](C)(C(F)(F)F)[C@H]2C)ccc(F)c1F. The van der Waals surface area contributed by atoms with E-state index in [0.29, 0.717) is 19.2 Å². The van der Waals surface area contributed by atoms with Crippen LogP contribution in [0, 0.1) is 23.4 Å². The van der Waals surface area contributed by atoms with E-state index in [1.54, 1.807) is 0 Å². The lowest BCUT2D eigenvalue weighted by molar-refractivity contribution is -0.272. The molecule has 1 aromatic carbocycles. The van der Waals surface area contributed by atoms with Gasteiger partial charge in [0.1, 0.15) is 11.8 Å². The molecule has 7 nitrogen and oxygen atoms in total. The molecule has 1 aliphatic heterocycles. The predicted molar refractivity (Wildman–Crippen MR) is 105 cm³/mol. The minimum atomic E-state index is -4.97. The number of pyridine rings is 1. The van der Waals surface area contributed by atoms with Crippen molar-refractivity contribution >= 4 is 17.5 Å². The van der Waals surface area contributed by atoms with E-state index in [4.69, 9.17) is 15.2 Å². The summed E-state index contributed by atoms with van der Waals surface area (Å²) in [6.45, 7) is 1.84. The first-order chi connectivity index (χ1) is 15.7. The Morgan fingerprint density at radius 2 is 1.85 bits per heavy atom. The van der Waals surface area contributed by atoms with Crippen molar-refractivity contribution in [2.75, 3.05) is 12.4 Å². The molecule has 3 rings (SSSR count). The smallest absolute Gasteiger partial charge is 0.417 e. The number of ether oxygens (including phenoxy) is 2. The second-order valence-electron chi connectivity index (χ2n) is 7.84. The number of halogens is 6. The van der Waals surface area contributed by atoms with Crippen molar-refractivity contribution < 1.29 is 45.4 Å². The number of rotatable bonds is 5. The Kier molecular flexibility index (Phi) is 6.53. The number of methoxy groups -OCH3 is 1. The van der Waals surface area contributed by atoms with Crippen molar-refractivity contribution in [3.8, 4) is 5.75 Å². The summed E-state index contributed by atoms with van der Waals surface area (Å²) in [6.07, 6.45) is -6.32. The predicted octanol–water partition coefficient (Wildman–Crippen LogP) is 3.68. The zero-order valence-electron chi connectivity index (χ0n) is 18.0. The lowest BCUT2D eigenvalue weighted by Gasteiger charge is -2.32. The van der Waals surface area contributed by atoms with Crippen LogP contribution < -0.4 is 15.8 Å². The number of nitrogens with one attached hydrogen (secondary N) is 1. The van der Waals surface area contributed by atoms with Crippen LogP contribution in [0.1, 0.15) is 35.8 Å². The normalized spacial score (nSPS) is 24.7. The van der Waals surface area contributed by atoms with Gasteiger partial charge in [0.25, 0.3) is 11.8 Å². The molecule has 0 saturated carbocycles. The van der Waals surface area contributed by atoms with Crippen LogP contribution in [0.4, 0.5) is 32.0 Å². The fraction of sp³-hybridized carbons (Fsp3) is 0.381. The zero-order valence-corrected chi connectivity index (χ0v) is 18.0. The van der Waals surface area contributed by atoms with E-state index in [2.05, 4.69) is 10.3 Å². The minimum absolute atomic E-state index is 0.255. The fourth-order valence-electron chi connectivity index (χ4n) is 3.91. The third-order valence-corrected chi connectivity index (χ3v) is 5.94. The summed E-state index contributed by atoms with van der Waals surface area (Å²) in [7, 11) is 0.984. The largest absolute Gasteiger partial charge is 0.493 e.